The van der Waals surface area contributed by atoms with Gasteiger partial charge in [-0.1, -0.05) is 91.9 Å². The molecule has 3 aliphatic rings. The summed E-state index contributed by atoms with van der Waals surface area (Å²) < 4.78 is 0. The first kappa shape index (κ1) is 20.5. The quantitative estimate of drug-likeness (QED) is 0.543. The lowest BCUT2D eigenvalue weighted by Gasteiger charge is -2.54. The maximum absolute atomic E-state index is 4.07. The molecule has 2 atom stereocenters. The predicted octanol–water partition coefficient (Wildman–Crippen LogP) is 5.63. The third-order valence-electron chi connectivity index (χ3n) is 7.56. The summed E-state index contributed by atoms with van der Waals surface area (Å²) in [5.41, 5.74) is 5.80. The standard InChI is InChI=1S/C29H34N2/c1-2-22-11-9-10-16-26(22)21-30-28-25-17-19-31(20-18-25)29(28)27(23-12-5-3-6-13-23)24-14-7-4-8-15-24/h3-16,25,27-30H,2,17-21H2,1H3/t28-,29-/m1/s1. The number of nitrogens with zero attached hydrogens (tertiary/aromatic N) is 1. The van der Waals surface area contributed by atoms with Crippen molar-refractivity contribution in [2.24, 2.45) is 5.92 Å². The van der Waals surface area contributed by atoms with Crippen LogP contribution in [0.2, 0.25) is 0 Å². The second-order valence-corrected chi connectivity index (χ2v) is 9.19. The van der Waals surface area contributed by atoms with Crippen molar-refractivity contribution in [2.45, 2.75) is 50.7 Å². The van der Waals surface area contributed by atoms with Crippen LogP contribution >= 0.6 is 0 Å². The minimum Gasteiger partial charge on any atom is -0.308 e. The lowest BCUT2D eigenvalue weighted by atomic mass is 9.70. The van der Waals surface area contributed by atoms with Gasteiger partial charge in [0.15, 0.2) is 0 Å². The maximum Gasteiger partial charge on any atom is 0.0361 e. The van der Waals surface area contributed by atoms with Crippen LogP contribution in [0.4, 0.5) is 0 Å². The van der Waals surface area contributed by atoms with Crippen molar-refractivity contribution in [2.75, 3.05) is 13.1 Å². The molecule has 3 saturated heterocycles. The summed E-state index contributed by atoms with van der Waals surface area (Å²) in [6.07, 6.45) is 3.73. The molecule has 6 rings (SSSR count). The van der Waals surface area contributed by atoms with Crippen LogP contribution in [0.3, 0.4) is 0 Å². The van der Waals surface area contributed by atoms with Gasteiger partial charge in [0.2, 0.25) is 0 Å². The predicted molar refractivity (Wildman–Crippen MR) is 129 cm³/mol. The fraction of sp³-hybridized carbons (Fsp3) is 0.379. The number of hydrogen-bond donors (Lipinski definition) is 1. The van der Waals surface area contributed by atoms with E-state index in [0.717, 1.165) is 18.9 Å². The highest BCUT2D eigenvalue weighted by Gasteiger charge is 2.46. The summed E-state index contributed by atoms with van der Waals surface area (Å²) >= 11 is 0. The zero-order valence-electron chi connectivity index (χ0n) is 18.6. The van der Waals surface area contributed by atoms with Gasteiger partial charge in [-0.25, -0.2) is 0 Å². The summed E-state index contributed by atoms with van der Waals surface area (Å²) in [5, 5.41) is 4.07. The Kier molecular flexibility index (Phi) is 6.20. The molecule has 2 nitrogen and oxygen atoms in total. The molecule has 0 unspecified atom stereocenters. The van der Waals surface area contributed by atoms with Crippen LogP contribution < -0.4 is 5.32 Å². The van der Waals surface area contributed by atoms with Crippen molar-refractivity contribution in [1.29, 1.82) is 0 Å². The van der Waals surface area contributed by atoms with Gasteiger partial charge in [-0.05, 0) is 60.5 Å². The smallest absolute Gasteiger partial charge is 0.0361 e. The molecular weight excluding hydrogens is 376 g/mol. The molecule has 160 valence electrons. The van der Waals surface area contributed by atoms with E-state index < -0.39 is 0 Å². The first-order valence-electron chi connectivity index (χ1n) is 12.0. The Hall–Kier alpha value is -2.42. The molecule has 3 aromatic rings. The maximum atomic E-state index is 4.07. The molecule has 3 fully saturated rings. The van der Waals surface area contributed by atoms with Crippen LogP contribution in [0.25, 0.3) is 0 Å². The third kappa shape index (κ3) is 4.20. The number of hydrogen-bond acceptors (Lipinski definition) is 2. The zero-order valence-corrected chi connectivity index (χ0v) is 18.6. The van der Waals surface area contributed by atoms with Crippen LogP contribution in [-0.4, -0.2) is 30.1 Å². The van der Waals surface area contributed by atoms with Crippen LogP contribution in [0.5, 0.6) is 0 Å². The van der Waals surface area contributed by atoms with Crippen molar-refractivity contribution >= 4 is 0 Å². The molecule has 1 N–H and O–H groups in total. The van der Waals surface area contributed by atoms with Crippen molar-refractivity contribution < 1.29 is 0 Å². The normalized spacial score (nSPS) is 25.1. The lowest BCUT2D eigenvalue weighted by Crippen LogP contribution is -2.64. The van der Waals surface area contributed by atoms with E-state index in [1.807, 2.05) is 0 Å². The van der Waals surface area contributed by atoms with Gasteiger partial charge in [-0.15, -0.1) is 0 Å². The largest absolute Gasteiger partial charge is 0.308 e. The molecule has 3 aromatic carbocycles. The van der Waals surface area contributed by atoms with E-state index in [0.29, 0.717) is 18.0 Å². The highest BCUT2D eigenvalue weighted by molar-refractivity contribution is 5.36. The van der Waals surface area contributed by atoms with E-state index in [9.17, 15) is 0 Å². The summed E-state index contributed by atoms with van der Waals surface area (Å²) in [7, 11) is 0. The lowest BCUT2D eigenvalue weighted by molar-refractivity contribution is 0.00466. The van der Waals surface area contributed by atoms with Gasteiger partial charge in [0.1, 0.15) is 0 Å². The van der Waals surface area contributed by atoms with Gasteiger partial charge in [0.05, 0.1) is 0 Å². The number of aryl methyl sites for hydroxylation is 1. The Morgan fingerprint density at radius 2 is 1.32 bits per heavy atom. The van der Waals surface area contributed by atoms with E-state index in [2.05, 4.69) is 102 Å². The molecule has 0 amide bonds. The molecule has 3 heterocycles. The molecular formula is C29H34N2. The molecule has 0 spiro atoms. The number of nitrogens with one attached hydrogen (secondary N) is 1. The summed E-state index contributed by atoms with van der Waals surface area (Å²) in [5.74, 6) is 1.16. The Morgan fingerprint density at radius 1 is 0.774 bits per heavy atom. The van der Waals surface area contributed by atoms with Crippen LogP contribution in [0.1, 0.15) is 47.9 Å². The topological polar surface area (TPSA) is 15.3 Å². The highest BCUT2D eigenvalue weighted by Crippen LogP contribution is 2.42. The van der Waals surface area contributed by atoms with E-state index >= 15 is 0 Å². The van der Waals surface area contributed by atoms with E-state index in [4.69, 9.17) is 0 Å². The van der Waals surface area contributed by atoms with Gasteiger partial charge in [-0.2, -0.15) is 0 Å². The number of benzene rings is 3. The molecule has 31 heavy (non-hydrogen) atoms. The van der Waals surface area contributed by atoms with Gasteiger partial charge in [0, 0.05) is 24.5 Å². The average molecular weight is 411 g/mol. The van der Waals surface area contributed by atoms with E-state index in [1.165, 1.54) is 48.2 Å². The molecule has 0 radical (unpaired) electrons. The van der Waals surface area contributed by atoms with Gasteiger partial charge >= 0.3 is 0 Å². The Bertz CT molecular complexity index is 921. The minimum atomic E-state index is 0.393. The molecule has 3 aliphatic heterocycles. The fourth-order valence-electron chi connectivity index (χ4n) is 6.00. The zero-order chi connectivity index (χ0) is 21.0. The molecule has 0 aromatic heterocycles. The highest BCUT2D eigenvalue weighted by atomic mass is 15.2. The minimum absolute atomic E-state index is 0.393. The number of fused-ring (bicyclic) bond motifs is 3. The monoisotopic (exact) mass is 410 g/mol. The number of piperidine rings is 3. The second-order valence-electron chi connectivity index (χ2n) is 9.19. The first-order chi connectivity index (χ1) is 15.3. The SMILES string of the molecule is CCc1ccccc1CN[C@@H]1C2CCN(CC2)[C@@H]1C(c1ccccc1)c1ccccc1. The van der Waals surface area contributed by atoms with Crippen molar-refractivity contribution in [3.63, 3.8) is 0 Å². The fourth-order valence-corrected chi connectivity index (χ4v) is 6.00. The third-order valence-corrected chi connectivity index (χ3v) is 7.56. The van der Waals surface area contributed by atoms with Gasteiger partial charge in [0.25, 0.3) is 0 Å². The van der Waals surface area contributed by atoms with Crippen LogP contribution in [-0.2, 0) is 13.0 Å². The van der Waals surface area contributed by atoms with Gasteiger partial charge < -0.3 is 5.32 Å². The van der Waals surface area contributed by atoms with Crippen molar-refractivity contribution in [3.05, 3.63) is 107 Å². The first-order valence-corrected chi connectivity index (χ1v) is 12.0. The summed E-state index contributed by atoms with van der Waals surface area (Å²) in [6.45, 7) is 5.69. The van der Waals surface area contributed by atoms with Crippen molar-refractivity contribution in [1.82, 2.24) is 10.2 Å². The molecule has 0 saturated carbocycles. The Balaban J connectivity index is 1.49. The summed E-state index contributed by atoms with van der Waals surface area (Å²) in [4.78, 5) is 2.77. The second kappa shape index (κ2) is 9.38. The average Bonchev–Trinajstić information content (AvgIpc) is 2.85. The Morgan fingerprint density at radius 3 is 1.90 bits per heavy atom. The van der Waals surface area contributed by atoms with E-state index in [1.54, 1.807) is 0 Å². The van der Waals surface area contributed by atoms with Crippen LogP contribution in [0.15, 0.2) is 84.9 Å². The molecule has 2 heteroatoms. The summed E-state index contributed by atoms with van der Waals surface area (Å²) in [6, 6.07) is 32.3. The molecule has 2 bridgehead atoms. The van der Waals surface area contributed by atoms with Crippen LogP contribution in [0, 0.1) is 5.92 Å². The van der Waals surface area contributed by atoms with Crippen molar-refractivity contribution in [3.8, 4) is 0 Å². The molecule has 0 aliphatic carbocycles. The number of rotatable bonds is 7. The van der Waals surface area contributed by atoms with Gasteiger partial charge in [-0.3, -0.25) is 4.90 Å². The Labute approximate surface area is 187 Å². The van der Waals surface area contributed by atoms with E-state index in [-0.39, 0.29) is 0 Å².